The number of carbonyl (C=O) groups is 2. The maximum absolute atomic E-state index is 14.5. The topological polar surface area (TPSA) is 95.6 Å². The molecule has 2 amide bonds. The molecule has 0 aliphatic carbocycles. The van der Waals surface area contributed by atoms with E-state index in [-0.39, 0.29) is 17.7 Å². The van der Waals surface area contributed by atoms with E-state index in [0.29, 0.717) is 11.3 Å². The number of nitrogens with zero attached hydrogens (tertiary/aromatic N) is 1. The van der Waals surface area contributed by atoms with Crippen molar-refractivity contribution in [2.45, 2.75) is 19.6 Å². The van der Waals surface area contributed by atoms with Gasteiger partial charge in [0.25, 0.3) is 5.91 Å². The molecule has 2 aromatic rings. The lowest BCUT2D eigenvalue weighted by Gasteiger charge is -2.24. The summed E-state index contributed by atoms with van der Waals surface area (Å²) in [5.41, 5.74) is 3.22. The van der Waals surface area contributed by atoms with Gasteiger partial charge in [-0.15, -0.1) is 0 Å². The maximum Gasteiger partial charge on any atom is 0.472 e. The number of rotatable bonds is 5. The van der Waals surface area contributed by atoms with Crippen LogP contribution < -0.4 is 15.2 Å². The zero-order chi connectivity index (χ0) is 22.7. The van der Waals surface area contributed by atoms with Crippen LogP contribution in [0.2, 0.25) is 0 Å². The largest absolute Gasteiger partial charge is 0.472 e. The summed E-state index contributed by atoms with van der Waals surface area (Å²) in [6.45, 7) is 1.31. The molecule has 7 nitrogen and oxygen atoms in total. The molecular weight excluding hydrogens is 430 g/mol. The molecule has 2 rings (SSSR count). The number of amides is 2. The van der Waals surface area contributed by atoms with Crippen molar-refractivity contribution in [2.75, 3.05) is 10.6 Å². The van der Waals surface area contributed by atoms with Crippen LogP contribution >= 0.6 is 0 Å². The first-order valence-corrected chi connectivity index (χ1v) is 10.1. The molecule has 0 heterocycles. The fourth-order valence-corrected chi connectivity index (χ4v) is 3.39. The van der Waals surface area contributed by atoms with Gasteiger partial charge in [0.1, 0.15) is 5.82 Å². The molecule has 0 atom stereocenters. The SMILES string of the molecule is Cc1ccccc1N(Cc1ccc(C(=O)NNC(=O)C(F)(F)F)cc1F)S(C)(=O)=O. The predicted molar refractivity (Wildman–Crippen MR) is 100 cm³/mol. The van der Waals surface area contributed by atoms with E-state index in [1.807, 2.05) is 0 Å². The Balaban J connectivity index is 2.23. The van der Waals surface area contributed by atoms with Crippen molar-refractivity contribution in [3.63, 3.8) is 0 Å². The first-order valence-electron chi connectivity index (χ1n) is 8.30. The summed E-state index contributed by atoms with van der Waals surface area (Å²) in [5, 5.41) is 0. The molecule has 162 valence electrons. The van der Waals surface area contributed by atoms with Crippen molar-refractivity contribution in [3.8, 4) is 0 Å². The molecule has 0 fully saturated rings. The molecule has 0 radical (unpaired) electrons. The van der Waals surface area contributed by atoms with Gasteiger partial charge in [-0.05, 0) is 30.7 Å². The number of alkyl halides is 3. The van der Waals surface area contributed by atoms with Gasteiger partial charge in [-0.2, -0.15) is 13.2 Å². The van der Waals surface area contributed by atoms with Crippen LogP contribution in [0.25, 0.3) is 0 Å². The van der Waals surface area contributed by atoms with Crippen molar-refractivity contribution in [2.24, 2.45) is 0 Å². The van der Waals surface area contributed by atoms with E-state index in [0.717, 1.165) is 34.2 Å². The standard InChI is InChI=1S/C18H17F4N3O4S/c1-11-5-3-4-6-15(11)25(30(2,28)29)10-13-8-7-12(9-14(13)19)16(26)23-24-17(27)18(20,21)22/h3-9H,10H2,1-2H3,(H,23,26)(H,24,27). The zero-order valence-electron chi connectivity index (χ0n) is 15.7. The van der Waals surface area contributed by atoms with Crippen LogP contribution in [0.3, 0.4) is 0 Å². The lowest BCUT2D eigenvalue weighted by Crippen LogP contribution is -2.47. The third-order valence-electron chi connectivity index (χ3n) is 3.96. The summed E-state index contributed by atoms with van der Waals surface area (Å²) in [7, 11) is -3.78. The van der Waals surface area contributed by atoms with E-state index in [1.165, 1.54) is 5.43 Å². The smallest absolute Gasteiger partial charge is 0.267 e. The van der Waals surface area contributed by atoms with Crippen LogP contribution in [-0.4, -0.2) is 32.7 Å². The minimum absolute atomic E-state index is 0.0699. The number of carbonyl (C=O) groups excluding carboxylic acids is 2. The Bertz CT molecular complexity index is 1070. The van der Waals surface area contributed by atoms with Gasteiger partial charge in [0.05, 0.1) is 18.5 Å². The van der Waals surface area contributed by atoms with Gasteiger partial charge in [0, 0.05) is 11.1 Å². The second kappa shape index (κ2) is 8.69. The van der Waals surface area contributed by atoms with Crippen molar-refractivity contribution in [1.29, 1.82) is 0 Å². The van der Waals surface area contributed by atoms with Gasteiger partial charge in [-0.25, -0.2) is 12.8 Å². The van der Waals surface area contributed by atoms with Crippen LogP contribution in [0.15, 0.2) is 42.5 Å². The Morgan fingerprint density at radius 1 is 1.07 bits per heavy atom. The molecule has 0 aliphatic rings. The first-order chi connectivity index (χ1) is 13.8. The third kappa shape index (κ3) is 5.69. The Kier molecular flexibility index (Phi) is 6.70. The molecule has 0 spiro atoms. The van der Waals surface area contributed by atoms with E-state index >= 15 is 0 Å². The van der Waals surface area contributed by atoms with Gasteiger partial charge in [-0.1, -0.05) is 24.3 Å². The molecule has 2 N–H and O–H groups in total. The number of para-hydroxylation sites is 1. The fraction of sp³-hybridized carbons (Fsp3) is 0.222. The zero-order valence-corrected chi connectivity index (χ0v) is 16.6. The number of benzene rings is 2. The number of sulfonamides is 1. The summed E-state index contributed by atoms with van der Waals surface area (Å²) < 4.78 is 76.3. The van der Waals surface area contributed by atoms with E-state index in [4.69, 9.17) is 0 Å². The van der Waals surface area contributed by atoms with Crippen LogP contribution in [0, 0.1) is 12.7 Å². The molecule has 0 aliphatic heterocycles. The molecule has 12 heteroatoms. The lowest BCUT2D eigenvalue weighted by molar-refractivity contribution is -0.174. The van der Waals surface area contributed by atoms with Crippen LogP contribution in [0.5, 0.6) is 0 Å². The average Bonchev–Trinajstić information content (AvgIpc) is 2.63. The van der Waals surface area contributed by atoms with E-state index < -0.39 is 33.8 Å². The molecule has 0 saturated heterocycles. The van der Waals surface area contributed by atoms with E-state index in [9.17, 15) is 35.6 Å². The number of hydrazine groups is 1. The molecule has 30 heavy (non-hydrogen) atoms. The lowest BCUT2D eigenvalue weighted by atomic mass is 10.1. The fourth-order valence-electron chi connectivity index (χ4n) is 2.45. The Morgan fingerprint density at radius 2 is 1.70 bits per heavy atom. The first kappa shape index (κ1) is 23.1. The van der Waals surface area contributed by atoms with Crippen molar-refractivity contribution in [3.05, 3.63) is 65.0 Å². The third-order valence-corrected chi connectivity index (χ3v) is 5.09. The highest BCUT2D eigenvalue weighted by molar-refractivity contribution is 7.92. The highest BCUT2D eigenvalue weighted by atomic mass is 32.2. The highest BCUT2D eigenvalue weighted by Gasteiger charge is 2.39. The number of anilines is 1. The predicted octanol–water partition coefficient (Wildman–Crippen LogP) is 2.42. The highest BCUT2D eigenvalue weighted by Crippen LogP contribution is 2.25. The average molecular weight is 447 g/mol. The molecule has 2 aromatic carbocycles. The van der Waals surface area contributed by atoms with E-state index in [1.54, 1.807) is 31.2 Å². The van der Waals surface area contributed by atoms with Crippen LogP contribution in [0.1, 0.15) is 21.5 Å². The van der Waals surface area contributed by atoms with Crippen molar-refractivity contribution in [1.82, 2.24) is 10.9 Å². The molecule has 0 saturated carbocycles. The minimum Gasteiger partial charge on any atom is -0.267 e. The summed E-state index contributed by atoms with van der Waals surface area (Å²) in [4.78, 5) is 22.5. The van der Waals surface area contributed by atoms with Gasteiger partial charge in [-0.3, -0.25) is 24.7 Å². The van der Waals surface area contributed by atoms with E-state index in [2.05, 4.69) is 0 Å². The van der Waals surface area contributed by atoms with Gasteiger partial charge in [0.15, 0.2) is 0 Å². The van der Waals surface area contributed by atoms with Crippen molar-refractivity contribution >= 4 is 27.5 Å². The summed E-state index contributed by atoms with van der Waals surface area (Å²) in [6, 6.07) is 9.52. The molecule has 0 aromatic heterocycles. The van der Waals surface area contributed by atoms with Gasteiger partial charge >= 0.3 is 12.1 Å². The minimum atomic E-state index is -5.20. The Morgan fingerprint density at radius 3 is 2.23 bits per heavy atom. The number of aryl methyl sites for hydroxylation is 1. The van der Waals surface area contributed by atoms with Crippen LogP contribution in [0.4, 0.5) is 23.2 Å². The quantitative estimate of drug-likeness (QED) is 0.544. The summed E-state index contributed by atoms with van der Waals surface area (Å²) in [5.74, 6) is -4.53. The van der Waals surface area contributed by atoms with Crippen LogP contribution in [-0.2, 0) is 21.4 Å². The van der Waals surface area contributed by atoms with Crippen molar-refractivity contribution < 1.29 is 35.6 Å². The summed E-state index contributed by atoms with van der Waals surface area (Å²) >= 11 is 0. The number of hydrogen-bond donors (Lipinski definition) is 2. The Labute approximate surface area is 169 Å². The molecule has 0 unspecified atom stereocenters. The maximum atomic E-state index is 14.5. The monoisotopic (exact) mass is 447 g/mol. The number of halogens is 4. The number of nitrogens with one attached hydrogen (secondary N) is 2. The molecular formula is C18H17F4N3O4S. The number of hydrogen-bond acceptors (Lipinski definition) is 4. The normalized spacial score (nSPS) is 11.7. The second-order valence-electron chi connectivity index (χ2n) is 6.27. The van der Waals surface area contributed by atoms with Gasteiger partial charge < -0.3 is 0 Å². The second-order valence-corrected chi connectivity index (χ2v) is 8.18. The summed E-state index contributed by atoms with van der Waals surface area (Å²) in [6.07, 6.45) is -4.24. The van der Waals surface area contributed by atoms with Gasteiger partial charge in [0.2, 0.25) is 10.0 Å². The molecule has 0 bridgehead atoms. The Hall–Kier alpha value is -3.15.